The fraction of sp³-hybridized carbons (Fsp3) is 0.917. The summed E-state index contributed by atoms with van der Waals surface area (Å²) in [5.41, 5.74) is 0. The maximum absolute atomic E-state index is 11.8. The molecule has 0 aromatic carbocycles. The van der Waals surface area contributed by atoms with Gasteiger partial charge in [0.2, 0.25) is 5.91 Å². The highest BCUT2D eigenvalue weighted by atomic mass is 79.9. The Bertz CT molecular complexity index is 244. The summed E-state index contributed by atoms with van der Waals surface area (Å²) in [6, 6.07) is 0. The van der Waals surface area contributed by atoms with Gasteiger partial charge in [-0.25, -0.2) is 0 Å². The summed E-state index contributed by atoms with van der Waals surface area (Å²) in [5.74, 6) is 1.87. The van der Waals surface area contributed by atoms with Gasteiger partial charge in [-0.3, -0.25) is 4.79 Å². The van der Waals surface area contributed by atoms with Gasteiger partial charge in [0, 0.05) is 13.1 Å². The zero-order valence-corrected chi connectivity index (χ0v) is 11.0. The second-order valence-corrected chi connectivity index (χ2v) is 6.17. The molecule has 0 bridgehead atoms. The lowest BCUT2D eigenvalue weighted by Crippen LogP contribution is -2.35. The molecule has 0 N–H and O–H groups in total. The van der Waals surface area contributed by atoms with Crippen molar-refractivity contribution in [3.05, 3.63) is 0 Å². The normalized spacial score (nSPS) is 37.3. The average Bonchev–Trinajstić information content (AvgIpc) is 2.53. The minimum absolute atomic E-state index is 0.0939. The van der Waals surface area contributed by atoms with Crippen molar-refractivity contribution in [3.8, 4) is 0 Å². The molecule has 15 heavy (non-hydrogen) atoms. The van der Waals surface area contributed by atoms with Crippen LogP contribution in [-0.4, -0.2) is 28.7 Å². The Kier molecular flexibility index (Phi) is 3.70. The first kappa shape index (κ1) is 11.4. The van der Waals surface area contributed by atoms with Crippen LogP contribution in [-0.2, 0) is 4.79 Å². The van der Waals surface area contributed by atoms with Gasteiger partial charge in [-0.15, -0.1) is 0 Å². The van der Waals surface area contributed by atoms with E-state index in [0.717, 1.165) is 31.3 Å². The average molecular weight is 274 g/mol. The van der Waals surface area contributed by atoms with Crippen LogP contribution in [0.25, 0.3) is 0 Å². The summed E-state index contributed by atoms with van der Waals surface area (Å²) in [6.07, 6.45) is 6.39. The number of carbonyl (C=O) groups excluding carboxylic acids is 1. The first-order valence-corrected chi connectivity index (χ1v) is 7.03. The molecule has 86 valence electrons. The third-order valence-corrected chi connectivity index (χ3v) is 4.83. The maximum Gasteiger partial charge on any atom is 0.236 e. The molecule has 1 aliphatic heterocycles. The molecular weight excluding hydrogens is 254 g/mol. The SMILES string of the molecule is CC1CCCCC1CN1CCC(Br)C1=O. The summed E-state index contributed by atoms with van der Waals surface area (Å²) in [6.45, 7) is 4.30. The van der Waals surface area contributed by atoms with E-state index >= 15 is 0 Å². The number of carbonyl (C=O) groups is 1. The van der Waals surface area contributed by atoms with Crippen LogP contribution in [0, 0.1) is 11.8 Å². The molecule has 1 aliphatic carbocycles. The molecule has 0 aromatic heterocycles. The van der Waals surface area contributed by atoms with Gasteiger partial charge in [0.25, 0.3) is 0 Å². The van der Waals surface area contributed by atoms with Gasteiger partial charge in [-0.2, -0.15) is 0 Å². The number of rotatable bonds is 2. The number of amides is 1. The van der Waals surface area contributed by atoms with Crippen LogP contribution in [0.3, 0.4) is 0 Å². The van der Waals surface area contributed by atoms with Crippen LogP contribution in [0.2, 0.25) is 0 Å². The zero-order valence-electron chi connectivity index (χ0n) is 9.42. The molecule has 0 aromatic rings. The van der Waals surface area contributed by atoms with E-state index < -0.39 is 0 Å². The third kappa shape index (κ3) is 2.55. The lowest BCUT2D eigenvalue weighted by Gasteiger charge is -2.32. The van der Waals surface area contributed by atoms with Crippen molar-refractivity contribution >= 4 is 21.8 Å². The molecule has 2 fully saturated rings. The molecule has 0 radical (unpaired) electrons. The van der Waals surface area contributed by atoms with Crippen molar-refractivity contribution in [1.82, 2.24) is 4.90 Å². The van der Waals surface area contributed by atoms with E-state index in [-0.39, 0.29) is 4.83 Å². The number of alkyl halides is 1. The number of hydrogen-bond donors (Lipinski definition) is 0. The van der Waals surface area contributed by atoms with Crippen LogP contribution in [0.1, 0.15) is 39.0 Å². The van der Waals surface area contributed by atoms with E-state index in [1.165, 1.54) is 25.7 Å². The molecule has 3 atom stereocenters. The molecule has 1 amide bonds. The van der Waals surface area contributed by atoms with Crippen LogP contribution >= 0.6 is 15.9 Å². The number of nitrogens with zero attached hydrogens (tertiary/aromatic N) is 1. The molecule has 0 spiro atoms. The topological polar surface area (TPSA) is 20.3 Å². The van der Waals surface area contributed by atoms with E-state index in [4.69, 9.17) is 0 Å². The fourth-order valence-electron chi connectivity index (χ4n) is 2.83. The summed E-state index contributed by atoms with van der Waals surface area (Å²) in [7, 11) is 0. The monoisotopic (exact) mass is 273 g/mol. The minimum atomic E-state index is 0.0939. The van der Waals surface area contributed by atoms with Gasteiger partial charge in [0.1, 0.15) is 0 Å². The fourth-order valence-corrected chi connectivity index (χ4v) is 3.32. The number of likely N-dealkylation sites (tertiary alicyclic amines) is 1. The summed E-state index contributed by atoms with van der Waals surface area (Å²) < 4.78 is 0. The largest absolute Gasteiger partial charge is 0.341 e. The molecule has 2 nitrogen and oxygen atoms in total. The Balaban J connectivity index is 1.88. The standard InChI is InChI=1S/C12H20BrNO/c1-9-4-2-3-5-10(9)8-14-7-6-11(13)12(14)15/h9-11H,2-8H2,1H3. The molecular formula is C12H20BrNO. The van der Waals surface area contributed by atoms with Crippen molar-refractivity contribution in [3.63, 3.8) is 0 Å². The van der Waals surface area contributed by atoms with Gasteiger partial charge in [-0.05, 0) is 24.7 Å². The Morgan fingerprint density at radius 2 is 2.07 bits per heavy atom. The highest BCUT2D eigenvalue weighted by Crippen LogP contribution is 2.31. The zero-order chi connectivity index (χ0) is 10.8. The quantitative estimate of drug-likeness (QED) is 0.709. The number of halogens is 1. The van der Waals surface area contributed by atoms with Crippen molar-refractivity contribution in [2.45, 2.75) is 43.9 Å². The third-order valence-electron chi connectivity index (χ3n) is 3.98. The van der Waals surface area contributed by atoms with Crippen molar-refractivity contribution < 1.29 is 4.79 Å². The first-order chi connectivity index (χ1) is 7.18. The summed E-state index contributed by atoms with van der Waals surface area (Å²) in [4.78, 5) is 13.9. The van der Waals surface area contributed by atoms with Gasteiger partial charge >= 0.3 is 0 Å². The van der Waals surface area contributed by atoms with Crippen molar-refractivity contribution in [2.24, 2.45) is 11.8 Å². The Hall–Kier alpha value is -0.0500. The minimum Gasteiger partial charge on any atom is -0.341 e. The Morgan fingerprint density at radius 3 is 2.67 bits per heavy atom. The van der Waals surface area contributed by atoms with Crippen molar-refractivity contribution in [2.75, 3.05) is 13.1 Å². The first-order valence-electron chi connectivity index (χ1n) is 6.11. The second kappa shape index (κ2) is 4.86. The molecule has 1 heterocycles. The van der Waals surface area contributed by atoms with E-state index in [1.807, 2.05) is 0 Å². The molecule has 3 unspecified atom stereocenters. The summed E-state index contributed by atoms with van der Waals surface area (Å²) >= 11 is 3.43. The maximum atomic E-state index is 11.8. The second-order valence-electron chi connectivity index (χ2n) is 5.06. The predicted octanol–water partition coefficient (Wildman–Crippen LogP) is 2.81. The lowest BCUT2D eigenvalue weighted by molar-refractivity contribution is -0.128. The van der Waals surface area contributed by atoms with Crippen LogP contribution in [0.15, 0.2) is 0 Å². The Labute approximate surface area is 101 Å². The van der Waals surface area contributed by atoms with E-state index in [2.05, 4.69) is 27.8 Å². The lowest BCUT2D eigenvalue weighted by atomic mass is 9.80. The highest BCUT2D eigenvalue weighted by molar-refractivity contribution is 9.10. The smallest absolute Gasteiger partial charge is 0.236 e. The van der Waals surface area contributed by atoms with Crippen molar-refractivity contribution in [1.29, 1.82) is 0 Å². The van der Waals surface area contributed by atoms with Gasteiger partial charge in [0.05, 0.1) is 4.83 Å². The van der Waals surface area contributed by atoms with E-state index in [1.54, 1.807) is 0 Å². The summed E-state index contributed by atoms with van der Waals surface area (Å²) in [5, 5.41) is 0. The van der Waals surface area contributed by atoms with Gasteiger partial charge in [-0.1, -0.05) is 42.1 Å². The van der Waals surface area contributed by atoms with Crippen LogP contribution < -0.4 is 0 Å². The van der Waals surface area contributed by atoms with Crippen LogP contribution in [0.4, 0.5) is 0 Å². The predicted molar refractivity (Wildman–Crippen MR) is 65.0 cm³/mol. The molecule has 1 saturated heterocycles. The highest BCUT2D eigenvalue weighted by Gasteiger charge is 2.32. The molecule has 1 saturated carbocycles. The van der Waals surface area contributed by atoms with E-state index in [0.29, 0.717) is 5.91 Å². The number of hydrogen-bond acceptors (Lipinski definition) is 1. The van der Waals surface area contributed by atoms with Crippen LogP contribution in [0.5, 0.6) is 0 Å². The Morgan fingerprint density at radius 1 is 1.33 bits per heavy atom. The molecule has 2 rings (SSSR count). The van der Waals surface area contributed by atoms with Gasteiger partial charge in [0.15, 0.2) is 0 Å². The van der Waals surface area contributed by atoms with E-state index in [9.17, 15) is 4.79 Å². The molecule has 3 heteroatoms. The van der Waals surface area contributed by atoms with Gasteiger partial charge < -0.3 is 4.90 Å². The molecule has 2 aliphatic rings.